The van der Waals surface area contributed by atoms with Crippen molar-refractivity contribution in [1.29, 1.82) is 0 Å². The van der Waals surface area contributed by atoms with Crippen LogP contribution in [-0.2, 0) is 16.6 Å². The summed E-state index contributed by atoms with van der Waals surface area (Å²) < 4.78 is 27.1. The van der Waals surface area contributed by atoms with E-state index in [0.717, 1.165) is 19.3 Å². The summed E-state index contributed by atoms with van der Waals surface area (Å²) in [5.74, 6) is 0.382. The van der Waals surface area contributed by atoms with Gasteiger partial charge in [0.1, 0.15) is 0 Å². The highest BCUT2D eigenvalue weighted by molar-refractivity contribution is 7.86. The molecule has 2 rings (SSSR count). The summed E-state index contributed by atoms with van der Waals surface area (Å²) in [6, 6.07) is 3.97. The normalized spacial score (nSPS) is 21.7. The lowest BCUT2D eigenvalue weighted by atomic mass is 9.93. The van der Waals surface area contributed by atoms with Crippen molar-refractivity contribution in [2.45, 2.75) is 19.3 Å². The summed E-state index contributed by atoms with van der Waals surface area (Å²) in [5.41, 5.74) is 1.18. The fraction of sp³-hybridized carbons (Fsp3) is 0.615. The Balaban J connectivity index is 2.02. The SMILES string of the molecule is CN(C)S(=O)(=O)N1CCCC(Cc2cccnc2)C1. The van der Waals surface area contributed by atoms with Gasteiger partial charge in [0, 0.05) is 39.6 Å². The fourth-order valence-corrected chi connectivity index (χ4v) is 3.71. The van der Waals surface area contributed by atoms with Crippen molar-refractivity contribution >= 4 is 10.2 Å². The van der Waals surface area contributed by atoms with E-state index in [-0.39, 0.29) is 0 Å². The average molecular weight is 283 g/mol. The minimum absolute atomic E-state index is 0.382. The van der Waals surface area contributed by atoms with E-state index in [1.165, 1.54) is 9.87 Å². The van der Waals surface area contributed by atoms with Gasteiger partial charge in [0.25, 0.3) is 10.2 Å². The molecule has 6 heteroatoms. The number of aromatic nitrogens is 1. The molecule has 1 aromatic heterocycles. The molecule has 1 unspecified atom stereocenters. The van der Waals surface area contributed by atoms with Crippen LogP contribution in [0.4, 0.5) is 0 Å². The molecule has 1 aliphatic rings. The number of nitrogens with zero attached hydrogens (tertiary/aromatic N) is 3. The molecule has 1 aromatic rings. The van der Waals surface area contributed by atoms with Crippen LogP contribution in [0.3, 0.4) is 0 Å². The van der Waals surface area contributed by atoms with Crippen LogP contribution in [0.15, 0.2) is 24.5 Å². The van der Waals surface area contributed by atoms with Gasteiger partial charge < -0.3 is 0 Å². The highest BCUT2D eigenvalue weighted by Crippen LogP contribution is 2.23. The van der Waals surface area contributed by atoms with Crippen LogP contribution in [0.2, 0.25) is 0 Å². The van der Waals surface area contributed by atoms with Crippen molar-refractivity contribution in [3.63, 3.8) is 0 Å². The lowest BCUT2D eigenvalue weighted by Gasteiger charge is -2.33. The van der Waals surface area contributed by atoms with Crippen LogP contribution in [0.5, 0.6) is 0 Å². The molecule has 0 N–H and O–H groups in total. The van der Waals surface area contributed by atoms with Gasteiger partial charge in [-0.1, -0.05) is 6.07 Å². The predicted molar refractivity (Wildman–Crippen MR) is 74.8 cm³/mol. The molecule has 1 fully saturated rings. The van der Waals surface area contributed by atoms with Gasteiger partial charge in [0.15, 0.2) is 0 Å². The number of rotatable bonds is 4. The molecule has 106 valence electrons. The summed E-state index contributed by atoms with van der Waals surface area (Å²) in [5, 5.41) is 0. The topological polar surface area (TPSA) is 53.5 Å². The van der Waals surface area contributed by atoms with Gasteiger partial charge in [-0.2, -0.15) is 17.0 Å². The molecular weight excluding hydrogens is 262 g/mol. The molecule has 5 nitrogen and oxygen atoms in total. The molecule has 1 saturated heterocycles. The van der Waals surface area contributed by atoms with Crippen LogP contribution >= 0.6 is 0 Å². The van der Waals surface area contributed by atoms with E-state index in [2.05, 4.69) is 4.98 Å². The Hall–Kier alpha value is -0.980. The second-order valence-electron chi connectivity index (χ2n) is 5.22. The summed E-state index contributed by atoms with van der Waals surface area (Å²) in [7, 11) is -0.107. The minimum Gasteiger partial charge on any atom is -0.264 e. The summed E-state index contributed by atoms with van der Waals surface area (Å²) in [6.45, 7) is 1.24. The third-order valence-corrected chi connectivity index (χ3v) is 5.42. The van der Waals surface area contributed by atoms with Gasteiger partial charge in [-0.3, -0.25) is 4.98 Å². The Morgan fingerprint density at radius 3 is 2.89 bits per heavy atom. The molecule has 2 heterocycles. The Kier molecular flexibility index (Phi) is 4.54. The van der Waals surface area contributed by atoms with Crippen molar-refractivity contribution in [3.8, 4) is 0 Å². The maximum Gasteiger partial charge on any atom is 0.281 e. The van der Waals surface area contributed by atoms with E-state index in [1.54, 1.807) is 24.6 Å². The monoisotopic (exact) mass is 283 g/mol. The Morgan fingerprint density at radius 1 is 1.47 bits per heavy atom. The van der Waals surface area contributed by atoms with Crippen molar-refractivity contribution in [2.75, 3.05) is 27.2 Å². The Bertz CT molecular complexity index is 502. The molecule has 0 radical (unpaired) electrons. The molecule has 0 spiro atoms. The van der Waals surface area contributed by atoms with Gasteiger partial charge in [-0.25, -0.2) is 0 Å². The zero-order valence-corrected chi connectivity index (χ0v) is 12.3. The standard InChI is InChI=1S/C13H21N3O2S/c1-15(2)19(17,18)16-8-4-6-13(11-16)9-12-5-3-7-14-10-12/h3,5,7,10,13H,4,6,8-9,11H2,1-2H3. The van der Waals surface area contributed by atoms with Crippen LogP contribution in [0.1, 0.15) is 18.4 Å². The van der Waals surface area contributed by atoms with Crippen LogP contribution < -0.4 is 0 Å². The molecule has 0 saturated carbocycles. The first-order valence-electron chi connectivity index (χ1n) is 6.56. The maximum absolute atomic E-state index is 12.1. The molecule has 0 aromatic carbocycles. The van der Waals surface area contributed by atoms with E-state index in [0.29, 0.717) is 19.0 Å². The smallest absolute Gasteiger partial charge is 0.264 e. The average Bonchev–Trinajstić information content (AvgIpc) is 2.40. The number of piperidine rings is 1. The van der Waals surface area contributed by atoms with Crippen LogP contribution in [-0.4, -0.2) is 49.2 Å². The Morgan fingerprint density at radius 2 is 2.26 bits per heavy atom. The van der Waals surface area contributed by atoms with E-state index in [1.807, 2.05) is 18.3 Å². The largest absolute Gasteiger partial charge is 0.281 e. The fourth-order valence-electron chi connectivity index (χ4n) is 2.49. The minimum atomic E-state index is -3.27. The van der Waals surface area contributed by atoms with Crippen molar-refractivity contribution < 1.29 is 8.42 Å². The van der Waals surface area contributed by atoms with Gasteiger partial charge >= 0.3 is 0 Å². The first-order valence-corrected chi connectivity index (χ1v) is 7.96. The van der Waals surface area contributed by atoms with E-state index < -0.39 is 10.2 Å². The first kappa shape index (κ1) is 14.4. The lowest BCUT2D eigenvalue weighted by Crippen LogP contribution is -2.45. The van der Waals surface area contributed by atoms with E-state index in [9.17, 15) is 8.42 Å². The molecule has 0 amide bonds. The van der Waals surface area contributed by atoms with Crippen LogP contribution in [0.25, 0.3) is 0 Å². The lowest BCUT2D eigenvalue weighted by molar-refractivity contribution is 0.254. The molecule has 19 heavy (non-hydrogen) atoms. The summed E-state index contributed by atoms with van der Waals surface area (Å²) in [6.07, 6.45) is 6.52. The number of pyridine rings is 1. The number of hydrogen-bond donors (Lipinski definition) is 0. The molecular formula is C13H21N3O2S. The predicted octanol–water partition coefficient (Wildman–Crippen LogP) is 1.14. The maximum atomic E-state index is 12.1. The van der Waals surface area contributed by atoms with Crippen LogP contribution in [0, 0.1) is 5.92 Å². The zero-order chi connectivity index (χ0) is 13.9. The Labute approximate surface area is 115 Å². The summed E-state index contributed by atoms with van der Waals surface area (Å²) in [4.78, 5) is 4.11. The summed E-state index contributed by atoms with van der Waals surface area (Å²) >= 11 is 0. The highest BCUT2D eigenvalue weighted by Gasteiger charge is 2.30. The van der Waals surface area contributed by atoms with Crippen molar-refractivity contribution in [2.24, 2.45) is 5.92 Å². The van der Waals surface area contributed by atoms with E-state index in [4.69, 9.17) is 0 Å². The van der Waals surface area contributed by atoms with E-state index >= 15 is 0 Å². The van der Waals surface area contributed by atoms with Gasteiger partial charge in [0.05, 0.1) is 0 Å². The molecule has 1 aliphatic heterocycles. The van der Waals surface area contributed by atoms with Gasteiger partial charge in [-0.15, -0.1) is 0 Å². The zero-order valence-electron chi connectivity index (χ0n) is 11.5. The second kappa shape index (κ2) is 5.98. The van der Waals surface area contributed by atoms with Gasteiger partial charge in [0.2, 0.25) is 0 Å². The second-order valence-corrected chi connectivity index (χ2v) is 7.36. The molecule has 1 atom stereocenters. The first-order chi connectivity index (χ1) is 9.00. The number of hydrogen-bond acceptors (Lipinski definition) is 3. The quantitative estimate of drug-likeness (QED) is 0.833. The highest BCUT2D eigenvalue weighted by atomic mass is 32.2. The third-order valence-electron chi connectivity index (χ3n) is 3.52. The van der Waals surface area contributed by atoms with Crippen molar-refractivity contribution in [1.82, 2.24) is 13.6 Å². The van der Waals surface area contributed by atoms with Gasteiger partial charge in [-0.05, 0) is 36.8 Å². The molecule has 0 bridgehead atoms. The van der Waals surface area contributed by atoms with Crippen molar-refractivity contribution in [3.05, 3.63) is 30.1 Å². The molecule has 0 aliphatic carbocycles. The third kappa shape index (κ3) is 3.52.